The van der Waals surface area contributed by atoms with E-state index in [1.807, 2.05) is 6.07 Å². The molecule has 0 amide bonds. The van der Waals surface area contributed by atoms with Gasteiger partial charge < -0.3 is 15.6 Å². The number of nitrogens with zero attached hydrogens (tertiary/aromatic N) is 1. The van der Waals surface area contributed by atoms with Crippen molar-refractivity contribution in [2.24, 2.45) is 5.73 Å². The highest BCUT2D eigenvalue weighted by atomic mass is 35.5. The van der Waals surface area contributed by atoms with Crippen molar-refractivity contribution in [3.8, 4) is 17.6 Å². The van der Waals surface area contributed by atoms with Crippen LogP contribution >= 0.6 is 12.4 Å². The molecule has 0 heterocycles. The maximum atomic E-state index is 9.94. The van der Waals surface area contributed by atoms with Gasteiger partial charge in [0.2, 0.25) is 0 Å². The Labute approximate surface area is 113 Å². The number of rotatable bonds is 5. The van der Waals surface area contributed by atoms with Gasteiger partial charge in [0, 0.05) is 17.7 Å². The lowest BCUT2D eigenvalue weighted by Gasteiger charge is -2.15. The van der Waals surface area contributed by atoms with Crippen LogP contribution in [0.3, 0.4) is 0 Å². The molecule has 0 aliphatic rings. The van der Waals surface area contributed by atoms with Crippen LogP contribution in [0.2, 0.25) is 0 Å². The number of nitrogens with two attached hydrogens (primary N) is 1. The molecule has 0 unspecified atom stereocenters. The fraction of sp³-hybridized carbons (Fsp3) is 0.308. The molecule has 0 aliphatic carbocycles. The highest BCUT2D eigenvalue weighted by Crippen LogP contribution is 2.35. The van der Waals surface area contributed by atoms with E-state index in [1.54, 1.807) is 12.1 Å². The zero-order chi connectivity index (χ0) is 12.8. The molecule has 1 aromatic carbocycles. The van der Waals surface area contributed by atoms with Gasteiger partial charge in [-0.2, -0.15) is 5.26 Å². The van der Waals surface area contributed by atoms with Crippen LogP contribution in [0.1, 0.15) is 30.0 Å². The normalized spacial score (nSPS) is 10.9. The van der Waals surface area contributed by atoms with Crippen molar-refractivity contribution in [3.05, 3.63) is 35.9 Å². The number of hydrogen-bond donors (Lipinski definition) is 2. The Morgan fingerprint density at radius 1 is 1.61 bits per heavy atom. The highest BCUT2D eigenvalue weighted by Gasteiger charge is 2.16. The molecule has 0 spiro atoms. The summed E-state index contributed by atoms with van der Waals surface area (Å²) in [6, 6.07) is 4.75. The molecular weight excluding hydrogens is 252 g/mol. The number of aromatic hydroxyl groups is 1. The number of benzene rings is 1. The van der Waals surface area contributed by atoms with Gasteiger partial charge in [-0.05, 0) is 18.9 Å². The van der Waals surface area contributed by atoms with Crippen molar-refractivity contribution < 1.29 is 9.84 Å². The van der Waals surface area contributed by atoms with Gasteiger partial charge in [0.15, 0.2) is 11.5 Å². The third kappa shape index (κ3) is 3.66. The van der Waals surface area contributed by atoms with E-state index in [0.29, 0.717) is 17.5 Å². The maximum absolute atomic E-state index is 9.94. The van der Waals surface area contributed by atoms with Gasteiger partial charge in [-0.25, -0.2) is 0 Å². The van der Waals surface area contributed by atoms with E-state index >= 15 is 0 Å². The van der Waals surface area contributed by atoms with Crippen LogP contribution in [0.25, 0.3) is 0 Å². The third-order valence-corrected chi connectivity index (χ3v) is 2.53. The van der Waals surface area contributed by atoms with Gasteiger partial charge in [0.1, 0.15) is 0 Å². The Kier molecular flexibility index (Phi) is 6.88. The minimum Gasteiger partial charge on any atom is -0.504 e. The Hall–Kier alpha value is -1.70. The first-order valence-electron chi connectivity index (χ1n) is 5.31. The zero-order valence-corrected chi connectivity index (χ0v) is 11.0. The second-order valence-corrected chi connectivity index (χ2v) is 3.70. The molecule has 3 N–H and O–H groups in total. The molecule has 0 saturated heterocycles. The van der Waals surface area contributed by atoms with Crippen LogP contribution in [-0.4, -0.2) is 12.2 Å². The predicted octanol–water partition coefficient (Wildman–Crippen LogP) is 2.66. The fourth-order valence-electron chi connectivity index (χ4n) is 1.59. The Bertz CT molecular complexity index is 455. The van der Waals surface area contributed by atoms with Crippen LogP contribution in [0.15, 0.2) is 24.8 Å². The molecule has 0 saturated carbocycles. The zero-order valence-electron chi connectivity index (χ0n) is 10.2. The standard InChI is InChI=1S/C13H16N2O2.ClH/c1-3-4-5-11(15)10-6-9(8-14)7-12(17-2)13(10)16;/h3,6-7,11,16H,1,4-5,15H2,2H3;1H/t11-;/m1./s1. The molecule has 4 nitrogen and oxygen atoms in total. The second kappa shape index (κ2) is 7.59. The summed E-state index contributed by atoms with van der Waals surface area (Å²) in [6.07, 6.45) is 3.18. The molecule has 5 heteroatoms. The topological polar surface area (TPSA) is 79.3 Å². The molecule has 0 fully saturated rings. The minimum absolute atomic E-state index is 0. The first-order valence-corrected chi connectivity index (χ1v) is 5.31. The van der Waals surface area contributed by atoms with Crippen LogP contribution in [0.4, 0.5) is 0 Å². The third-order valence-electron chi connectivity index (χ3n) is 2.53. The van der Waals surface area contributed by atoms with Gasteiger partial charge in [-0.1, -0.05) is 6.08 Å². The van der Waals surface area contributed by atoms with Gasteiger partial charge in [-0.3, -0.25) is 0 Å². The van der Waals surface area contributed by atoms with Gasteiger partial charge in [0.05, 0.1) is 18.7 Å². The largest absolute Gasteiger partial charge is 0.504 e. The van der Waals surface area contributed by atoms with Crippen molar-refractivity contribution >= 4 is 12.4 Å². The van der Waals surface area contributed by atoms with Crippen molar-refractivity contribution in [3.63, 3.8) is 0 Å². The molecule has 98 valence electrons. The lowest BCUT2D eigenvalue weighted by atomic mass is 9.99. The summed E-state index contributed by atoms with van der Waals surface area (Å²) in [7, 11) is 1.44. The highest BCUT2D eigenvalue weighted by molar-refractivity contribution is 5.85. The lowest BCUT2D eigenvalue weighted by Crippen LogP contribution is -2.10. The summed E-state index contributed by atoms with van der Waals surface area (Å²) in [5, 5.41) is 18.8. The van der Waals surface area contributed by atoms with Gasteiger partial charge in [-0.15, -0.1) is 19.0 Å². The number of nitriles is 1. The number of allylic oxidation sites excluding steroid dienone is 1. The number of hydrogen-bond acceptors (Lipinski definition) is 4. The summed E-state index contributed by atoms with van der Waals surface area (Å²) >= 11 is 0. The molecular formula is C13H17ClN2O2. The van der Waals surface area contributed by atoms with E-state index in [1.165, 1.54) is 13.2 Å². The van der Waals surface area contributed by atoms with E-state index in [4.69, 9.17) is 15.7 Å². The van der Waals surface area contributed by atoms with Crippen LogP contribution in [0, 0.1) is 11.3 Å². The Morgan fingerprint density at radius 3 is 2.78 bits per heavy atom. The first-order chi connectivity index (χ1) is 8.13. The average Bonchev–Trinajstić information content (AvgIpc) is 2.36. The molecule has 0 aromatic heterocycles. The van der Waals surface area contributed by atoms with Crippen molar-refractivity contribution in [1.29, 1.82) is 5.26 Å². The average molecular weight is 269 g/mol. The quantitative estimate of drug-likeness (QED) is 0.805. The van der Waals surface area contributed by atoms with Crippen molar-refractivity contribution in [1.82, 2.24) is 0 Å². The summed E-state index contributed by atoms with van der Waals surface area (Å²) < 4.78 is 5.01. The molecule has 0 radical (unpaired) electrons. The van der Waals surface area contributed by atoms with E-state index in [9.17, 15) is 5.11 Å². The van der Waals surface area contributed by atoms with E-state index < -0.39 is 0 Å². The van der Waals surface area contributed by atoms with E-state index in [2.05, 4.69) is 6.58 Å². The minimum atomic E-state index is -0.338. The summed E-state index contributed by atoms with van der Waals surface area (Å²) in [5.41, 5.74) is 6.91. The molecule has 1 aromatic rings. The Morgan fingerprint density at radius 2 is 2.28 bits per heavy atom. The lowest BCUT2D eigenvalue weighted by molar-refractivity contribution is 0.368. The molecule has 1 rings (SSSR count). The summed E-state index contributed by atoms with van der Waals surface area (Å²) in [4.78, 5) is 0. The van der Waals surface area contributed by atoms with E-state index in [-0.39, 0.29) is 29.9 Å². The molecule has 18 heavy (non-hydrogen) atoms. The first kappa shape index (κ1) is 16.3. The maximum Gasteiger partial charge on any atom is 0.162 e. The number of ether oxygens (including phenoxy) is 1. The van der Waals surface area contributed by atoms with Crippen molar-refractivity contribution in [2.75, 3.05) is 7.11 Å². The monoisotopic (exact) mass is 268 g/mol. The van der Waals surface area contributed by atoms with Gasteiger partial charge in [0.25, 0.3) is 0 Å². The van der Waals surface area contributed by atoms with Crippen molar-refractivity contribution in [2.45, 2.75) is 18.9 Å². The second-order valence-electron chi connectivity index (χ2n) is 3.70. The Balaban J connectivity index is 0.00000289. The fourth-order valence-corrected chi connectivity index (χ4v) is 1.59. The van der Waals surface area contributed by atoms with Crippen LogP contribution in [0.5, 0.6) is 11.5 Å². The SMILES string of the molecule is C=CCC[C@@H](N)c1cc(C#N)cc(OC)c1O.Cl. The summed E-state index contributed by atoms with van der Waals surface area (Å²) in [5.74, 6) is 0.274. The predicted molar refractivity (Wildman–Crippen MR) is 73.0 cm³/mol. The number of methoxy groups -OCH3 is 1. The smallest absolute Gasteiger partial charge is 0.162 e. The van der Waals surface area contributed by atoms with E-state index in [0.717, 1.165) is 6.42 Å². The number of phenolic OH excluding ortho intramolecular Hbond substituents is 1. The summed E-state index contributed by atoms with van der Waals surface area (Å²) in [6.45, 7) is 3.62. The molecule has 0 aliphatic heterocycles. The van der Waals surface area contributed by atoms with Gasteiger partial charge >= 0.3 is 0 Å². The molecule has 0 bridgehead atoms. The number of phenols is 1. The number of halogens is 1. The van der Waals surface area contributed by atoms with Crippen LogP contribution in [-0.2, 0) is 0 Å². The molecule has 1 atom stereocenters. The van der Waals surface area contributed by atoms with Crippen LogP contribution < -0.4 is 10.5 Å².